The van der Waals surface area contributed by atoms with Gasteiger partial charge in [-0.25, -0.2) is 4.79 Å². The Hall–Kier alpha value is -3.21. The van der Waals surface area contributed by atoms with Crippen molar-refractivity contribution in [1.29, 1.82) is 5.26 Å². The first-order valence-corrected chi connectivity index (χ1v) is 20.7. The van der Waals surface area contributed by atoms with E-state index in [1.807, 2.05) is 29.2 Å². The summed E-state index contributed by atoms with van der Waals surface area (Å²) in [5, 5.41) is 79.5. The molecule has 1 aromatic carbocycles. The number of carbonyl (C=O) groups excluding carboxylic acids is 2. The zero-order valence-corrected chi connectivity index (χ0v) is 34.5. The smallest absolute Gasteiger partial charge is 0.407 e. The van der Waals surface area contributed by atoms with E-state index < -0.39 is 49.8 Å². The van der Waals surface area contributed by atoms with E-state index in [1.54, 1.807) is 4.90 Å². The molecule has 16 heteroatoms. The van der Waals surface area contributed by atoms with Gasteiger partial charge in [0.2, 0.25) is 6.41 Å². The van der Waals surface area contributed by atoms with Crippen molar-refractivity contribution in [2.45, 2.75) is 145 Å². The number of nitriles is 1. The van der Waals surface area contributed by atoms with Crippen LogP contribution < -0.4 is 11.1 Å². The fourth-order valence-corrected chi connectivity index (χ4v) is 7.55. The molecular weight excluding hydrogens is 750 g/mol. The Labute approximate surface area is 344 Å². The molecule has 0 bridgehead atoms. The summed E-state index contributed by atoms with van der Waals surface area (Å²) in [4.78, 5) is 26.2. The standard InChI is InChI=1S/C34H58N2O10.C7H8N2O.CH5N/c1-3-4-14-34(15-5-6-25(2)19-34)46-18-17-45-33(44)35-20-26-7-9-27(10-8-26)21-36(22-28(39)11-12-29(40)23-37)16-13-30(41)32(43)31(42)24-38;8-3-6-1-5-2-7(5)9(6)4-10;1-2/h7-10,28-32,37-43H,2-6,11-24H2,1H3,(H,35,44);4-7H,1-2H2;2H2,1H3/t28?,29?,30-,31?,32+,34?;5-,6?,7?;/m01./s1. The van der Waals surface area contributed by atoms with Crippen LogP contribution in [0.4, 0.5) is 4.79 Å². The Kier molecular flexibility index (Phi) is 24.2. The summed E-state index contributed by atoms with van der Waals surface area (Å²) in [6, 6.07) is 9.93. The van der Waals surface area contributed by atoms with Crippen LogP contribution in [0.15, 0.2) is 36.4 Å². The number of nitrogens with one attached hydrogen (secondary N) is 1. The van der Waals surface area contributed by atoms with Crippen LogP contribution >= 0.6 is 0 Å². The molecule has 6 unspecified atom stereocenters. The molecule has 330 valence electrons. The number of carbonyl (C=O) groups is 2. The quantitative estimate of drug-likeness (QED) is 0.0407. The average Bonchev–Trinajstić information content (AvgIpc) is 3.91. The molecule has 10 N–H and O–H groups in total. The monoisotopic (exact) mass is 822 g/mol. The summed E-state index contributed by atoms with van der Waals surface area (Å²) < 4.78 is 11.6. The first-order valence-electron chi connectivity index (χ1n) is 20.7. The molecule has 4 rings (SSSR count). The van der Waals surface area contributed by atoms with Crippen molar-refractivity contribution >= 4 is 12.5 Å². The number of hydrogen-bond donors (Lipinski definition) is 9. The molecule has 1 heterocycles. The Morgan fingerprint density at radius 1 is 1.05 bits per heavy atom. The second-order valence-electron chi connectivity index (χ2n) is 15.6. The predicted molar refractivity (Wildman–Crippen MR) is 218 cm³/mol. The number of fused-ring (bicyclic) bond motifs is 1. The largest absolute Gasteiger partial charge is 0.447 e. The highest BCUT2D eigenvalue weighted by Crippen LogP contribution is 2.46. The van der Waals surface area contributed by atoms with Crippen molar-refractivity contribution in [3.8, 4) is 6.07 Å². The summed E-state index contributed by atoms with van der Waals surface area (Å²) in [6.45, 7) is 6.90. The number of amides is 2. The summed E-state index contributed by atoms with van der Waals surface area (Å²) in [5.74, 6) is 0.648. The van der Waals surface area contributed by atoms with Crippen LogP contribution in [-0.4, -0.2) is 153 Å². The van der Waals surface area contributed by atoms with E-state index in [4.69, 9.17) is 24.9 Å². The highest BCUT2D eigenvalue weighted by molar-refractivity contribution is 5.67. The molecule has 1 aliphatic heterocycles. The summed E-state index contributed by atoms with van der Waals surface area (Å²) in [6.07, 6.45) is 4.04. The van der Waals surface area contributed by atoms with E-state index in [-0.39, 0.29) is 57.1 Å². The highest BCUT2D eigenvalue weighted by Gasteiger charge is 2.51. The normalized spacial score (nSPS) is 23.4. The van der Waals surface area contributed by atoms with Crippen LogP contribution in [0, 0.1) is 17.2 Å². The average molecular weight is 822 g/mol. The molecule has 16 nitrogen and oxygen atoms in total. The molecule has 2 amide bonds. The highest BCUT2D eigenvalue weighted by atomic mass is 16.6. The number of hydrogen-bond acceptors (Lipinski definition) is 14. The summed E-state index contributed by atoms with van der Waals surface area (Å²) >= 11 is 0. The van der Waals surface area contributed by atoms with Crippen LogP contribution in [-0.2, 0) is 27.4 Å². The van der Waals surface area contributed by atoms with Gasteiger partial charge in [-0.1, -0.05) is 56.2 Å². The van der Waals surface area contributed by atoms with Crippen LogP contribution in [0.3, 0.4) is 0 Å². The number of likely N-dealkylation sites (tertiary alicyclic amines) is 1. The number of benzene rings is 1. The number of unbranched alkanes of at least 4 members (excludes halogenated alkanes) is 1. The fourth-order valence-electron chi connectivity index (χ4n) is 7.55. The fraction of sp³-hybridized carbons (Fsp3) is 0.738. The lowest BCUT2D eigenvalue weighted by Crippen LogP contribution is -2.42. The molecule has 2 aliphatic carbocycles. The molecule has 0 aromatic heterocycles. The minimum atomic E-state index is -1.51. The first kappa shape index (κ1) is 50.9. The van der Waals surface area contributed by atoms with Gasteiger partial charge in [0.15, 0.2) is 0 Å². The number of piperidine rings is 1. The Bertz CT molecular complexity index is 1370. The second kappa shape index (κ2) is 27.5. The maximum atomic E-state index is 12.3. The molecule has 1 aromatic rings. The lowest BCUT2D eigenvalue weighted by Gasteiger charge is -2.38. The van der Waals surface area contributed by atoms with Gasteiger partial charge in [-0.05, 0) is 88.3 Å². The third kappa shape index (κ3) is 18.0. The molecule has 1 saturated heterocycles. The number of alkyl carbamates (subject to hydrolysis) is 1. The van der Waals surface area contributed by atoms with Gasteiger partial charge < -0.3 is 61.2 Å². The van der Waals surface area contributed by atoms with Gasteiger partial charge in [0, 0.05) is 32.2 Å². The SMILES string of the molecule is C=C1CCCC(CCCC)(OCCOC(=O)NCc2ccc(CN(CC[C@H](O)[C@@H](O)C(O)CO)CC(O)CCC(O)CO)cc2)C1.CN.N#CC1C[C@@H]2CC2N1C=O. The number of aliphatic hydroxyl groups is 7. The zero-order valence-electron chi connectivity index (χ0n) is 34.5. The molecule has 2 saturated carbocycles. The zero-order chi connectivity index (χ0) is 43.1. The Balaban J connectivity index is 0.000000819. The van der Waals surface area contributed by atoms with Crippen LogP contribution in [0.25, 0.3) is 0 Å². The first-order chi connectivity index (χ1) is 27.9. The molecule has 0 radical (unpaired) electrons. The third-order valence-electron chi connectivity index (χ3n) is 11.0. The van der Waals surface area contributed by atoms with E-state index in [1.165, 1.54) is 12.6 Å². The van der Waals surface area contributed by atoms with Crippen LogP contribution in [0.1, 0.15) is 95.1 Å². The molecule has 58 heavy (non-hydrogen) atoms. The van der Waals surface area contributed by atoms with Crippen LogP contribution in [0.2, 0.25) is 0 Å². The van der Waals surface area contributed by atoms with Gasteiger partial charge in [0.25, 0.3) is 0 Å². The number of aliphatic hydroxyl groups excluding tert-OH is 7. The number of rotatable bonds is 24. The number of nitrogens with two attached hydrogens (primary N) is 1. The minimum absolute atomic E-state index is 0.0778. The van der Waals surface area contributed by atoms with Crippen molar-refractivity contribution in [3.05, 3.63) is 47.5 Å². The molecular formula is C42H71N5O11. The van der Waals surface area contributed by atoms with Gasteiger partial charge in [-0.15, -0.1) is 0 Å². The Morgan fingerprint density at radius 3 is 2.34 bits per heavy atom. The van der Waals surface area contributed by atoms with E-state index in [0.717, 1.165) is 75.3 Å². The lowest BCUT2D eigenvalue weighted by atomic mass is 9.79. The predicted octanol–water partition coefficient (Wildman–Crippen LogP) is 1.45. The maximum Gasteiger partial charge on any atom is 0.407 e. The van der Waals surface area contributed by atoms with Gasteiger partial charge in [0.1, 0.15) is 24.9 Å². The molecule has 0 spiro atoms. The molecule has 3 aliphatic rings. The van der Waals surface area contributed by atoms with Crippen molar-refractivity contribution in [3.63, 3.8) is 0 Å². The van der Waals surface area contributed by atoms with Gasteiger partial charge in [-0.2, -0.15) is 5.26 Å². The van der Waals surface area contributed by atoms with Crippen molar-refractivity contribution in [2.75, 3.05) is 46.6 Å². The van der Waals surface area contributed by atoms with Gasteiger partial charge in [-0.3, -0.25) is 9.69 Å². The minimum Gasteiger partial charge on any atom is -0.447 e. The van der Waals surface area contributed by atoms with E-state index in [9.17, 15) is 35.1 Å². The number of ether oxygens (including phenoxy) is 2. The van der Waals surface area contributed by atoms with E-state index in [0.29, 0.717) is 25.1 Å². The van der Waals surface area contributed by atoms with Crippen molar-refractivity contribution in [2.24, 2.45) is 11.7 Å². The molecule has 9 atom stereocenters. The summed E-state index contributed by atoms with van der Waals surface area (Å²) in [5.41, 5.74) is 7.28. The second-order valence-corrected chi connectivity index (χ2v) is 15.6. The Morgan fingerprint density at radius 2 is 1.74 bits per heavy atom. The number of nitrogens with zero attached hydrogens (tertiary/aromatic N) is 3. The van der Waals surface area contributed by atoms with Crippen molar-refractivity contribution in [1.82, 2.24) is 15.1 Å². The van der Waals surface area contributed by atoms with E-state index >= 15 is 0 Å². The third-order valence-corrected chi connectivity index (χ3v) is 11.0. The van der Waals surface area contributed by atoms with Crippen molar-refractivity contribution < 1.29 is 54.8 Å². The van der Waals surface area contributed by atoms with E-state index in [2.05, 4.69) is 30.6 Å². The summed E-state index contributed by atoms with van der Waals surface area (Å²) in [7, 11) is 1.50. The topological polar surface area (TPSA) is 263 Å². The lowest BCUT2D eigenvalue weighted by molar-refractivity contribution is -0.118. The van der Waals surface area contributed by atoms with Gasteiger partial charge >= 0.3 is 6.09 Å². The maximum absolute atomic E-state index is 12.3. The molecule has 3 fully saturated rings. The van der Waals surface area contributed by atoms with Crippen LogP contribution in [0.5, 0.6) is 0 Å². The van der Waals surface area contributed by atoms with Gasteiger partial charge in [0.05, 0.1) is 49.8 Å².